The fourth-order valence-corrected chi connectivity index (χ4v) is 2.77. The molecule has 1 nitrogen and oxygen atoms in total. The average molecular weight is 268 g/mol. The molecule has 1 unspecified atom stereocenters. The third-order valence-electron chi connectivity index (χ3n) is 4.01. The SMILES string of the molecule is Cc1ccc(C)c(CC(C)(O)c2cc(C)ccc2C)c1. The Hall–Kier alpha value is -1.60. The van der Waals surface area contributed by atoms with Crippen LogP contribution in [0.25, 0.3) is 0 Å². The van der Waals surface area contributed by atoms with Gasteiger partial charge in [0.05, 0.1) is 5.60 Å². The number of aryl methyl sites for hydroxylation is 4. The van der Waals surface area contributed by atoms with Crippen molar-refractivity contribution < 1.29 is 5.11 Å². The molecule has 1 N–H and O–H groups in total. The van der Waals surface area contributed by atoms with Crippen LogP contribution in [0.5, 0.6) is 0 Å². The zero-order chi connectivity index (χ0) is 14.9. The van der Waals surface area contributed by atoms with Gasteiger partial charge in [0.25, 0.3) is 0 Å². The molecule has 0 aliphatic carbocycles. The van der Waals surface area contributed by atoms with E-state index in [1.807, 2.05) is 6.92 Å². The highest BCUT2D eigenvalue weighted by Gasteiger charge is 2.26. The molecule has 0 spiro atoms. The van der Waals surface area contributed by atoms with Crippen LogP contribution in [0.2, 0.25) is 0 Å². The largest absolute Gasteiger partial charge is 0.385 e. The minimum atomic E-state index is -0.839. The lowest BCUT2D eigenvalue weighted by Crippen LogP contribution is -2.26. The highest BCUT2D eigenvalue weighted by molar-refractivity contribution is 5.38. The molecule has 2 rings (SSSR count). The van der Waals surface area contributed by atoms with Crippen LogP contribution in [0.4, 0.5) is 0 Å². The van der Waals surface area contributed by atoms with Crippen LogP contribution in [-0.2, 0) is 12.0 Å². The second kappa shape index (κ2) is 5.41. The summed E-state index contributed by atoms with van der Waals surface area (Å²) >= 11 is 0. The number of rotatable bonds is 3. The van der Waals surface area contributed by atoms with E-state index >= 15 is 0 Å². The maximum absolute atomic E-state index is 11.0. The van der Waals surface area contributed by atoms with Crippen LogP contribution in [-0.4, -0.2) is 5.11 Å². The predicted molar refractivity (Wildman–Crippen MR) is 85.1 cm³/mol. The summed E-state index contributed by atoms with van der Waals surface area (Å²) in [7, 11) is 0. The van der Waals surface area contributed by atoms with Gasteiger partial charge in [0.15, 0.2) is 0 Å². The third kappa shape index (κ3) is 3.10. The lowest BCUT2D eigenvalue weighted by molar-refractivity contribution is 0.0567. The maximum Gasteiger partial charge on any atom is 0.0911 e. The van der Waals surface area contributed by atoms with Gasteiger partial charge in [-0.05, 0) is 56.9 Å². The lowest BCUT2D eigenvalue weighted by atomic mass is 9.84. The maximum atomic E-state index is 11.0. The van der Waals surface area contributed by atoms with E-state index in [2.05, 4.69) is 64.1 Å². The second-order valence-corrected chi connectivity index (χ2v) is 6.20. The Morgan fingerprint density at radius 2 is 1.40 bits per heavy atom. The molecule has 0 aliphatic rings. The summed E-state index contributed by atoms with van der Waals surface area (Å²) < 4.78 is 0. The van der Waals surface area contributed by atoms with Crippen molar-refractivity contribution in [1.29, 1.82) is 0 Å². The zero-order valence-corrected chi connectivity index (χ0v) is 13.1. The molecule has 0 fully saturated rings. The first-order valence-corrected chi connectivity index (χ1v) is 7.16. The summed E-state index contributed by atoms with van der Waals surface area (Å²) in [6.07, 6.45) is 0.644. The molecule has 1 heteroatoms. The van der Waals surface area contributed by atoms with E-state index in [9.17, 15) is 5.11 Å². The van der Waals surface area contributed by atoms with Crippen molar-refractivity contribution in [2.75, 3.05) is 0 Å². The number of benzene rings is 2. The molecule has 2 aromatic carbocycles. The van der Waals surface area contributed by atoms with E-state index < -0.39 is 5.60 Å². The van der Waals surface area contributed by atoms with Gasteiger partial charge in [-0.25, -0.2) is 0 Å². The van der Waals surface area contributed by atoms with Gasteiger partial charge in [0.2, 0.25) is 0 Å². The van der Waals surface area contributed by atoms with E-state index in [0.29, 0.717) is 6.42 Å². The van der Waals surface area contributed by atoms with E-state index in [0.717, 1.165) is 11.1 Å². The molecule has 2 aromatic rings. The Bertz CT molecular complexity index is 624. The molecular formula is C19H24O. The van der Waals surface area contributed by atoms with Crippen molar-refractivity contribution in [3.63, 3.8) is 0 Å². The second-order valence-electron chi connectivity index (χ2n) is 6.20. The molecule has 0 saturated carbocycles. The van der Waals surface area contributed by atoms with Gasteiger partial charge in [0.1, 0.15) is 0 Å². The van der Waals surface area contributed by atoms with Crippen molar-refractivity contribution in [1.82, 2.24) is 0 Å². The van der Waals surface area contributed by atoms with Gasteiger partial charge in [-0.2, -0.15) is 0 Å². The van der Waals surface area contributed by atoms with Crippen LogP contribution < -0.4 is 0 Å². The Balaban J connectivity index is 2.40. The highest BCUT2D eigenvalue weighted by Crippen LogP contribution is 2.30. The van der Waals surface area contributed by atoms with Crippen molar-refractivity contribution in [2.45, 2.75) is 46.6 Å². The first-order chi connectivity index (χ1) is 9.29. The van der Waals surface area contributed by atoms with E-state index in [4.69, 9.17) is 0 Å². The van der Waals surface area contributed by atoms with Crippen molar-refractivity contribution in [3.8, 4) is 0 Å². The standard InChI is InChI=1S/C19H24O/c1-13-6-8-15(3)17(10-13)12-19(5,20)18-11-14(2)7-9-16(18)4/h6-11,20H,12H2,1-5H3. The highest BCUT2D eigenvalue weighted by atomic mass is 16.3. The first-order valence-electron chi connectivity index (χ1n) is 7.16. The molecule has 0 amide bonds. The zero-order valence-electron chi connectivity index (χ0n) is 13.1. The molecule has 106 valence electrons. The predicted octanol–water partition coefficient (Wildman–Crippen LogP) is 4.37. The third-order valence-corrected chi connectivity index (χ3v) is 4.01. The van der Waals surface area contributed by atoms with Gasteiger partial charge in [-0.3, -0.25) is 0 Å². The first kappa shape index (κ1) is 14.8. The lowest BCUT2D eigenvalue weighted by Gasteiger charge is -2.27. The van der Waals surface area contributed by atoms with Crippen LogP contribution in [0, 0.1) is 27.7 Å². The molecular weight excluding hydrogens is 244 g/mol. The summed E-state index contributed by atoms with van der Waals surface area (Å²) in [6.45, 7) is 10.2. The minimum absolute atomic E-state index is 0.644. The average Bonchev–Trinajstić information content (AvgIpc) is 2.36. The van der Waals surface area contributed by atoms with Crippen LogP contribution in [0.3, 0.4) is 0 Å². The molecule has 1 atom stereocenters. The van der Waals surface area contributed by atoms with Crippen LogP contribution in [0.15, 0.2) is 36.4 Å². The molecule has 0 saturated heterocycles. The molecule has 0 bridgehead atoms. The molecule has 0 radical (unpaired) electrons. The van der Waals surface area contributed by atoms with Crippen molar-refractivity contribution in [3.05, 3.63) is 69.8 Å². The molecule has 0 aliphatic heterocycles. The van der Waals surface area contributed by atoms with Crippen LogP contribution in [0.1, 0.15) is 40.3 Å². The van der Waals surface area contributed by atoms with E-state index in [-0.39, 0.29) is 0 Å². The van der Waals surface area contributed by atoms with E-state index in [1.54, 1.807) is 0 Å². The minimum Gasteiger partial charge on any atom is -0.385 e. The van der Waals surface area contributed by atoms with Gasteiger partial charge in [-0.1, -0.05) is 47.5 Å². The van der Waals surface area contributed by atoms with Crippen molar-refractivity contribution in [2.24, 2.45) is 0 Å². The van der Waals surface area contributed by atoms with Crippen molar-refractivity contribution >= 4 is 0 Å². The van der Waals surface area contributed by atoms with Gasteiger partial charge in [-0.15, -0.1) is 0 Å². The fraction of sp³-hybridized carbons (Fsp3) is 0.368. The quantitative estimate of drug-likeness (QED) is 0.876. The summed E-state index contributed by atoms with van der Waals surface area (Å²) in [4.78, 5) is 0. The van der Waals surface area contributed by atoms with Gasteiger partial charge in [0, 0.05) is 6.42 Å². The fourth-order valence-electron chi connectivity index (χ4n) is 2.77. The molecule has 0 heterocycles. The Morgan fingerprint density at radius 3 is 2.05 bits per heavy atom. The number of hydrogen-bond donors (Lipinski definition) is 1. The Labute approximate surface area is 122 Å². The topological polar surface area (TPSA) is 20.2 Å². The number of hydrogen-bond acceptors (Lipinski definition) is 1. The summed E-state index contributed by atoms with van der Waals surface area (Å²) in [5.41, 5.74) is 6.21. The van der Waals surface area contributed by atoms with E-state index in [1.165, 1.54) is 22.3 Å². The number of aliphatic hydroxyl groups is 1. The summed E-state index contributed by atoms with van der Waals surface area (Å²) in [6, 6.07) is 12.7. The summed E-state index contributed by atoms with van der Waals surface area (Å²) in [5.74, 6) is 0. The van der Waals surface area contributed by atoms with Gasteiger partial charge >= 0.3 is 0 Å². The normalized spacial score (nSPS) is 14.1. The molecule has 0 aromatic heterocycles. The van der Waals surface area contributed by atoms with Gasteiger partial charge < -0.3 is 5.11 Å². The monoisotopic (exact) mass is 268 g/mol. The smallest absolute Gasteiger partial charge is 0.0911 e. The summed E-state index contributed by atoms with van der Waals surface area (Å²) in [5, 5.41) is 11.0. The Kier molecular flexibility index (Phi) is 4.01. The van der Waals surface area contributed by atoms with Crippen LogP contribution >= 0.6 is 0 Å². The molecule has 20 heavy (non-hydrogen) atoms. The Morgan fingerprint density at radius 1 is 0.850 bits per heavy atom.